The van der Waals surface area contributed by atoms with Gasteiger partial charge in [0.25, 0.3) is 0 Å². The highest BCUT2D eigenvalue weighted by molar-refractivity contribution is 5.93. The molecule has 0 amide bonds. The van der Waals surface area contributed by atoms with Gasteiger partial charge >= 0.3 is 5.97 Å². The highest BCUT2D eigenvalue weighted by Gasteiger charge is 2.51. The van der Waals surface area contributed by atoms with Gasteiger partial charge in [-0.25, -0.2) is 0 Å². The molecule has 3 rings (SSSR count). The molecule has 0 aromatic rings. The monoisotopic (exact) mass is 353 g/mol. The van der Waals surface area contributed by atoms with E-state index >= 15 is 0 Å². The van der Waals surface area contributed by atoms with Crippen LogP contribution in [0, 0.1) is 23.7 Å². The van der Waals surface area contributed by atoms with Crippen molar-refractivity contribution in [1.29, 1.82) is 0 Å². The molecule has 5 unspecified atom stereocenters. The van der Waals surface area contributed by atoms with E-state index in [1.807, 2.05) is 0 Å². The average molecular weight is 353 g/mol. The van der Waals surface area contributed by atoms with Crippen LogP contribution in [0.25, 0.3) is 0 Å². The number of fused-ring (bicyclic) bond motifs is 1. The Morgan fingerprint density at radius 3 is 2.76 bits per heavy atom. The molecule has 0 aromatic heterocycles. The summed E-state index contributed by atoms with van der Waals surface area (Å²) in [5.41, 5.74) is 0.963. The number of carboxylic acids is 1. The Morgan fingerprint density at radius 2 is 2.04 bits per heavy atom. The quantitative estimate of drug-likeness (QED) is 0.460. The van der Waals surface area contributed by atoms with E-state index in [4.69, 9.17) is 9.94 Å². The van der Waals surface area contributed by atoms with Crippen LogP contribution in [0.15, 0.2) is 5.16 Å². The fourth-order valence-corrected chi connectivity index (χ4v) is 4.90. The summed E-state index contributed by atoms with van der Waals surface area (Å²) in [5, 5.41) is 33.6. The van der Waals surface area contributed by atoms with Crippen LogP contribution >= 0.6 is 0 Å². The maximum Gasteiger partial charge on any atom is 0.306 e. The third kappa shape index (κ3) is 4.53. The predicted molar refractivity (Wildman–Crippen MR) is 93.2 cm³/mol. The van der Waals surface area contributed by atoms with Gasteiger partial charge in [0.05, 0.1) is 24.3 Å². The van der Waals surface area contributed by atoms with Crippen molar-refractivity contribution >= 4 is 11.7 Å². The van der Waals surface area contributed by atoms with Gasteiger partial charge in [-0.05, 0) is 56.3 Å². The molecule has 3 N–H and O–H groups in total. The molecule has 142 valence electrons. The number of carboxylic acid groups (broad SMARTS) is 1. The van der Waals surface area contributed by atoms with E-state index in [-0.39, 0.29) is 43.0 Å². The molecule has 0 heterocycles. The highest BCUT2D eigenvalue weighted by atomic mass is 16.6. The van der Waals surface area contributed by atoms with Crippen LogP contribution in [-0.4, -0.2) is 45.8 Å². The SMILES string of the molecule is O=C(O)CCON=C1CC2C1CC(CCC(O)C1CCCCC1)C2O. The Balaban J connectivity index is 1.41. The first kappa shape index (κ1) is 18.6. The topological polar surface area (TPSA) is 99.4 Å². The smallest absolute Gasteiger partial charge is 0.306 e. The molecule has 0 aliphatic heterocycles. The molecule has 0 radical (unpaired) electrons. The van der Waals surface area contributed by atoms with Crippen LogP contribution in [0.3, 0.4) is 0 Å². The summed E-state index contributed by atoms with van der Waals surface area (Å²) in [5.74, 6) is 0.332. The summed E-state index contributed by atoms with van der Waals surface area (Å²) in [7, 11) is 0. The van der Waals surface area contributed by atoms with E-state index in [1.54, 1.807) is 0 Å². The van der Waals surface area contributed by atoms with Crippen LogP contribution in [0.5, 0.6) is 0 Å². The zero-order valence-corrected chi connectivity index (χ0v) is 14.8. The van der Waals surface area contributed by atoms with E-state index in [2.05, 4.69) is 5.16 Å². The van der Waals surface area contributed by atoms with Crippen molar-refractivity contribution in [3.63, 3.8) is 0 Å². The summed E-state index contributed by atoms with van der Waals surface area (Å²) in [6.07, 6.45) is 8.80. The van der Waals surface area contributed by atoms with Crippen LogP contribution in [-0.2, 0) is 9.63 Å². The number of aliphatic hydroxyl groups is 2. The van der Waals surface area contributed by atoms with Gasteiger partial charge in [0.2, 0.25) is 0 Å². The second-order valence-corrected chi connectivity index (χ2v) is 8.06. The normalized spacial score (nSPS) is 35.2. The molecule has 0 saturated heterocycles. The minimum atomic E-state index is -0.889. The van der Waals surface area contributed by atoms with Gasteiger partial charge in [-0.3, -0.25) is 4.79 Å². The largest absolute Gasteiger partial charge is 0.481 e. The number of aliphatic hydroxyl groups excluding tert-OH is 2. The van der Waals surface area contributed by atoms with Crippen molar-refractivity contribution in [2.24, 2.45) is 28.8 Å². The van der Waals surface area contributed by atoms with Crippen molar-refractivity contribution in [2.75, 3.05) is 6.61 Å². The number of aliphatic carboxylic acids is 1. The van der Waals surface area contributed by atoms with E-state index < -0.39 is 5.97 Å². The van der Waals surface area contributed by atoms with Crippen LogP contribution in [0.1, 0.15) is 64.2 Å². The number of hydrogen-bond acceptors (Lipinski definition) is 5. The molecule has 0 bridgehead atoms. The second kappa shape index (κ2) is 8.49. The Bertz CT molecular complexity index is 488. The van der Waals surface area contributed by atoms with E-state index in [1.165, 1.54) is 19.3 Å². The molecule has 5 atom stereocenters. The lowest BCUT2D eigenvalue weighted by Gasteiger charge is -2.33. The number of oxime groups is 1. The minimum absolute atomic E-state index is 0.0464. The Hall–Kier alpha value is -1.14. The molecular formula is C19H31NO5. The van der Waals surface area contributed by atoms with Gasteiger partial charge in [0, 0.05) is 5.92 Å². The third-order valence-electron chi connectivity index (χ3n) is 6.48. The van der Waals surface area contributed by atoms with Gasteiger partial charge in [-0.15, -0.1) is 0 Å². The molecule has 3 fully saturated rings. The lowest BCUT2D eigenvalue weighted by molar-refractivity contribution is -0.138. The van der Waals surface area contributed by atoms with Crippen molar-refractivity contribution in [3.05, 3.63) is 0 Å². The average Bonchev–Trinajstić information content (AvgIpc) is 2.83. The number of nitrogens with zero attached hydrogens (tertiary/aromatic N) is 1. The summed E-state index contributed by atoms with van der Waals surface area (Å²) < 4.78 is 0. The minimum Gasteiger partial charge on any atom is -0.481 e. The lowest BCUT2D eigenvalue weighted by atomic mass is 9.73. The van der Waals surface area contributed by atoms with Crippen molar-refractivity contribution in [2.45, 2.75) is 76.4 Å². The van der Waals surface area contributed by atoms with Gasteiger partial charge in [-0.2, -0.15) is 0 Å². The van der Waals surface area contributed by atoms with Crippen LogP contribution < -0.4 is 0 Å². The first-order valence-corrected chi connectivity index (χ1v) is 9.83. The maximum absolute atomic E-state index is 10.5. The first-order valence-electron chi connectivity index (χ1n) is 9.83. The van der Waals surface area contributed by atoms with Crippen molar-refractivity contribution < 1.29 is 25.0 Å². The fraction of sp³-hybridized carbons (Fsp3) is 0.895. The van der Waals surface area contributed by atoms with Gasteiger partial charge in [0.1, 0.15) is 6.61 Å². The molecule has 6 nitrogen and oxygen atoms in total. The Kier molecular flexibility index (Phi) is 6.34. The summed E-state index contributed by atoms with van der Waals surface area (Å²) in [6.45, 7) is 0.0930. The van der Waals surface area contributed by atoms with E-state index in [0.717, 1.165) is 44.2 Å². The zero-order valence-electron chi connectivity index (χ0n) is 14.8. The Morgan fingerprint density at radius 1 is 1.28 bits per heavy atom. The molecule has 3 aliphatic rings. The molecule has 0 spiro atoms. The van der Waals surface area contributed by atoms with E-state index in [0.29, 0.717) is 5.92 Å². The molecule has 3 aliphatic carbocycles. The van der Waals surface area contributed by atoms with Crippen LogP contribution in [0.4, 0.5) is 0 Å². The fourth-order valence-electron chi connectivity index (χ4n) is 4.90. The van der Waals surface area contributed by atoms with Gasteiger partial charge in [-0.1, -0.05) is 24.4 Å². The third-order valence-corrected chi connectivity index (χ3v) is 6.48. The van der Waals surface area contributed by atoms with Crippen molar-refractivity contribution in [1.82, 2.24) is 0 Å². The van der Waals surface area contributed by atoms with E-state index in [9.17, 15) is 15.0 Å². The second-order valence-electron chi connectivity index (χ2n) is 8.06. The van der Waals surface area contributed by atoms with Crippen molar-refractivity contribution in [3.8, 4) is 0 Å². The first-order chi connectivity index (χ1) is 12.1. The molecule has 3 saturated carbocycles. The molecular weight excluding hydrogens is 322 g/mol. The standard InChI is InChI=1S/C19H31NO5/c21-17(12-4-2-1-3-5-12)7-6-13-10-14-15(19(13)24)11-16(14)20-25-9-8-18(22)23/h12-15,17,19,21,24H,1-11H2,(H,22,23). The number of carbonyl (C=O) groups is 1. The lowest BCUT2D eigenvalue weighted by Crippen LogP contribution is -2.38. The summed E-state index contributed by atoms with van der Waals surface area (Å²) >= 11 is 0. The molecule has 25 heavy (non-hydrogen) atoms. The molecule has 0 aromatic carbocycles. The summed E-state index contributed by atoms with van der Waals surface area (Å²) in [4.78, 5) is 15.5. The highest BCUT2D eigenvalue weighted by Crippen LogP contribution is 2.49. The van der Waals surface area contributed by atoms with Gasteiger partial charge < -0.3 is 20.2 Å². The number of hydrogen-bond donors (Lipinski definition) is 3. The Labute approximate surface area is 149 Å². The maximum atomic E-state index is 10.5. The van der Waals surface area contributed by atoms with Crippen LogP contribution in [0.2, 0.25) is 0 Å². The number of rotatable bonds is 8. The summed E-state index contributed by atoms with van der Waals surface area (Å²) in [6, 6.07) is 0. The predicted octanol–water partition coefficient (Wildman–Crippen LogP) is 2.57. The van der Waals surface area contributed by atoms with Gasteiger partial charge in [0.15, 0.2) is 0 Å². The zero-order chi connectivity index (χ0) is 17.8. The molecule has 6 heteroatoms.